The Morgan fingerprint density at radius 3 is 2.45 bits per heavy atom. The first kappa shape index (κ1) is 32.5. The van der Waals surface area contributed by atoms with Crippen LogP contribution in [0.5, 0.6) is 0 Å². The number of hydrogen-bond acceptors (Lipinski definition) is 2. The van der Waals surface area contributed by atoms with Gasteiger partial charge in [-0.15, -0.1) is 0 Å². The van der Waals surface area contributed by atoms with E-state index in [9.17, 15) is 0 Å². The number of allylic oxidation sites excluding steroid dienone is 1. The molecule has 0 saturated heterocycles. The van der Waals surface area contributed by atoms with E-state index in [-0.39, 0.29) is 12.0 Å². The summed E-state index contributed by atoms with van der Waals surface area (Å²) >= 11 is 0. The lowest BCUT2D eigenvalue weighted by Gasteiger charge is -2.32. The molecule has 5 heteroatoms. The van der Waals surface area contributed by atoms with Gasteiger partial charge in [0.2, 0.25) is 28.8 Å². The molecule has 0 radical (unpaired) electrons. The number of furan rings is 1. The second-order valence-electron chi connectivity index (χ2n) is 16.9. The Hall–Kier alpha value is -4.35. The molecule has 0 bridgehead atoms. The molecule has 6 heterocycles. The molecule has 4 aromatic heterocycles. The van der Waals surface area contributed by atoms with E-state index in [1.54, 1.807) is 5.19 Å². The lowest BCUT2D eigenvalue weighted by molar-refractivity contribution is -0.726. The first-order valence-electron chi connectivity index (χ1n) is 19.3. The SMILES string of the molecule is C=C1C2C(CCc3ccc4c(oc5nc(C)ccc54)c3-c3cc(C4CCCCC4)cc[n+]31)c1ccccc1-c1cc(C(C)C)c([Si](C)(C)C)c[n+]12. The normalized spacial score (nSPS) is 19.2. The summed E-state index contributed by atoms with van der Waals surface area (Å²) in [6.07, 6.45) is 13.4. The van der Waals surface area contributed by atoms with E-state index in [1.165, 1.54) is 76.9 Å². The van der Waals surface area contributed by atoms with Gasteiger partial charge in [0.1, 0.15) is 0 Å². The zero-order valence-corrected chi connectivity index (χ0v) is 32.2. The molecule has 0 spiro atoms. The molecule has 2 atom stereocenters. The fourth-order valence-corrected chi connectivity index (χ4v) is 11.5. The molecule has 6 aromatic rings. The molecule has 3 aliphatic rings. The van der Waals surface area contributed by atoms with Gasteiger partial charge < -0.3 is 4.42 Å². The van der Waals surface area contributed by atoms with Crippen LogP contribution in [0.3, 0.4) is 0 Å². The maximum Gasteiger partial charge on any atom is 0.249 e. The van der Waals surface area contributed by atoms with Crippen molar-refractivity contribution < 1.29 is 13.6 Å². The van der Waals surface area contributed by atoms with Gasteiger partial charge in [-0.3, -0.25) is 0 Å². The van der Waals surface area contributed by atoms with E-state index in [2.05, 4.69) is 122 Å². The maximum atomic E-state index is 6.81. The number of rotatable bonds is 3. The zero-order valence-electron chi connectivity index (χ0n) is 31.2. The summed E-state index contributed by atoms with van der Waals surface area (Å²) in [5.74, 6) is 1.32. The molecule has 4 nitrogen and oxygen atoms in total. The highest BCUT2D eigenvalue weighted by Gasteiger charge is 2.48. The molecular formula is C46H51N3OSi+2. The molecular weight excluding hydrogens is 639 g/mol. The van der Waals surface area contributed by atoms with Crippen molar-refractivity contribution in [2.45, 2.75) is 109 Å². The van der Waals surface area contributed by atoms with Crippen molar-refractivity contribution in [2.24, 2.45) is 0 Å². The molecule has 2 unspecified atom stereocenters. The summed E-state index contributed by atoms with van der Waals surface area (Å²) in [5.41, 5.74) is 14.6. The van der Waals surface area contributed by atoms with Gasteiger partial charge in [-0.05, 0) is 91.5 Å². The van der Waals surface area contributed by atoms with Crippen LogP contribution in [0.15, 0.2) is 90.1 Å². The number of hydrogen-bond donors (Lipinski definition) is 0. The van der Waals surface area contributed by atoms with Gasteiger partial charge in [-0.2, -0.15) is 9.13 Å². The van der Waals surface area contributed by atoms with Crippen LogP contribution in [0.1, 0.15) is 104 Å². The number of benzene rings is 2. The molecule has 1 saturated carbocycles. The lowest BCUT2D eigenvalue weighted by Crippen LogP contribution is -2.57. The van der Waals surface area contributed by atoms with Crippen molar-refractivity contribution in [3.05, 3.63) is 114 Å². The van der Waals surface area contributed by atoms with Crippen molar-refractivity contribution in [3.8, 4) is 22.5 Å². The zero-order chi connectivity index (χ0) is 35.2. The highest BCUT2D eigenvalue weighted by atomic mass is 28.3. The number of aromatic nitrogens is 3. The van der Waals surface area contributed by atoms with E-state index in [0.717, 1.165) is 46.3 Å². The Labute approximate surface area is 303 Å². The number of fused-ring (bicyclic) bond motifs is 13. The average Bonchev–Trinajstić information content (AvgIpc) is 3.51. The van der Waals surface area contributed by atoms with Crippen molar-refractivity contribution in [3.63, 3.8) is 0 Å². The number of pyridine rings is 3. The second kappa shape index (κ2) is 12.1. The maximum absolute atomic E-state index is 6.81. The molecule has 1 aliphatic carbocycles. The predicted octanol–water partition coefficient (Wildman–Crippen LogP) is 10.7. The van der Waals surface area contributed by atoms with E-state index in [1.807, 2.05) is 6.92 Å². The van der Waals surface area contributed by atoms with Crippen LogP contribution in [0, 0.1) is 6.92 Å². The lowest BCUT2D eigenvalue weighted by atomic mass is 9.78. The average molecular weight is 690 g/mol. The van der Waals surface area contributed by atoms with Crippen molar-refractivity contribution in [1.29, 1.82) is 0 Å². The second-order valence-corrected chi connectivity index (χ2v) is 22.0. The van der Waals surface area contributed by atoms with Crippen LogP contribution in [-0.4, -0.2) is 13.1 Å². The van der Waals surface area contributed by atoms with E-state index < -0.39 is 8.07 Å². The van der Waals surface area contributed by atoms with Gasteiger partial charge in [0.25, 0.3) is 0 Å². The highest BCUT2D eigenvalue weighted by Crippen LogP contribution is 2.47. The third kappa shape index (κ3) is 5.25. The highest BCUT2D eigenvalue weighted by molar-refractivity contribution is 6.89. The first-order valence-corrected chi connectivity index (χ1v) is 22.8. The quantitative estimate of drug-likeness (QED) is 0.137. The van der Waals surface area contributed by atoms with E-state index in [4.69, 9.17) is 16.0 Å². The monoisotopic (exact) mass is 689 g/mol. The topological polar surface area (TPSA) is 33.8 Å². The largest absolute Gasteiger partial charge is 0.437 e. The Bertz CT molecular complexity index is 2370. The molecule has 258 valence electrons. The minimum absolute atomic E-state index is 0.0697. The Morgan fingerprint density at radius 2 is 1.67 bits per heavy atom. The number of nitrogens with zero attached hydrogens (tertiary/aromatic N) is 3. The summed E-state index contributed by atoms with van der Waals surface area (Å²) in [5, 5.41) is 3.78. The summed E-state index contributed by atoms with van der Waals surface area (Å²) in [6, 6.07) is 25.6. The molecule has 2 aliphatic heterocycles. The van der Waals surface area contributed by atoms with Crippen LogP contribution in [0.25, 0.3) is 50.3 Å². The molecule has 9 rings (SSSR count). The van der Waals surface area contributed by atoms with E-state index >= 15 is 0 Å². The van der Waals surface area contributed by atoms with Crippen LogP contribution in [-0.2, 0) is 6.42 Å². The minimum atomic E-state index is -1.68. The van der Waals surface area contributed by atoms with Crippen molar-refractivity contribution >= 4 is 41.0 Å². The molecule has 2 aromatic carbocycles. The Morgan fingerprint density at radius 1 is 0.882 bits per heavy atom. The van der Waals surface area contributed by atoms with Gasteiger partial charge in [0.05, 0.1) is 19.6 Å². The third-order valence-electron chi connectivity index (χ3n) is 12.3. The van der Waals surface area contributed by atoms with Gasteiger partial charge in [-0.25, -0.2) is 4.98 Å². The minimum Gasteiger partial charge on any atom is -0.437 e. The van der Waals surface area contributed by atoms with E-state index in [0.29, 0.717) is 11.8 Å². The standard InChI is InChI=1S/C46H51N3OSi/c1-28(2)39-26-40-35-16-12-11-15-34(35)36-21-18-32-19-22-37-38-20-17-29(3)47-46(38)50-45(37)43(32)41-25-33(31-13-9-8-10-14-31)23-24-48(41)30(4)44(36)49(40)27-42(39)51(5,6)7/h11-12,15-17,19-20,22-28,31,36,44H,4,8-10,13-14,18,21H2,1-3,5-7H3/q+2. The van der Waals surface area contributed by atoms with Crippen LogP contribution < -0.4 is 14.3 Å². The van der Waals surface area contributed by atoms with Gasteiger partial charge in [0, 0.05) is 45.4 Å². The van der Waals surface area contributed by atoms with Crippen LogP contribution >= 0.6 is 0 Å². The summed E-state index contributed by atoms with van der Waals surface area (Å²) < 4.78 is 11.9. The van der Waals surface area contributed by atoms with Gasteiger partial charge in [0.15, 0.2) is 18.0 Å². The first-order chi connectivity index (χ1) is 24.6. The fraction of sp³-hybridized carbons (Fsp3) is 0.370. The smallest absolute Gasteiger partial charge is 0.249 e. The Balaban J connectivity index is 1.34. The van der Waals surface area contributed by atoms with Crippen LogP contribution in [0.4, 0.5) is 0 Å². The number of aryl methyl sites for hydroxylation is 2. The van der Waals surface area contributed by atoms with Gasteiger partial charge in [-0.1, -0.05) is 83.1 Å². The summed E-state index contributed by atoms with van der Waals surface area (Å²) in [7, 11) is -1.68. The van der Waals surface area contributed by atoms with Gasteiger partial charge >= 0.3 is 0 Å². The molecule has 1 fully saturated rings. The molecule has 0 N–H and O–H groups in total. The van der Waals surface area contributed by atoms with Crippen molar-refractivity contribution in [2.75, 3.05) is 0 Å². The fourth-order valence-electron chi connectivity index (χ4n) is 9.70. The summed E-state index contributed by atoms with van der Waals surface area (Å²) in [6.45, 7) is 19.3. The Kier molecular flexibility index (Phi) is 7.73. The summed E-state index contributed by atoms with van der Waals surface area (Å²) in [4.78, 5) is 4.85. The third-order valence-corrected chi connectivity index (χ3v) is 14.4. The van der Waals surface area contributed by atoms with Crippen molar-refractivity contribution in [1.82, 2.24) is 4.98 Å². The molecule has 0 amide bonds. The molecule has 51 heavy (non-hydrogen) atoms. The predicted molar refractivity (Wildman–Crippen MR) is 212 cm³/mol. The van der Waals surface area contributed by atoms with Crippen LogP contribution in [0.2, 0.25) is 19.6 Å².